The number of fused-ring (bicyclic) bond motifs is 5. The number of aliphatic imine (C=N–C) groups is 1. The van der Waals surface area contributed by atoms with Crippen LogP contribution in [0, 0.1) is 5.82 Å². The third-order valence-electron chi connectivity index (χ3n) is 6.29. The Morgan fingerprint density at radius 2 is 2.10 bits per heavy atom. The van der Waals surface area contributed by atoms with Crippen molar-refractivity contribution in [3.63, 3.8) is 0 Å². The Hall–Kier alpha value is -2.13. The number of hydrogen-bond donors (Lipinski definition) is 0. The van der Waals surface area contributed by atoms with E-state index in [0.29, 0.717) is 43.4 Å². The molecule has 2 saturated heterocycles. The van der Waals surface area contributed by atoms with Gasteiger partial charge < -0.3 is 14.4 Å². The largest absolute Gasteiger partial charge is 0.494 e. The van der Waals surface area contributed by atoms with Crippen LogP contribution >= 0.6 is 0 Å². The number of methoxy groups -OCH3 is 1. The first-order valence-electron chi connectivity index (χ1n) is 9.71. The number of rotatable bonds is 4. The lowest BCUT2D eigenvalue weighted by molar-refractivity contribution is -0.0937. The number of allylic oxidation sites excluding steroid dienone is 2. The molecule has 0 spiro atoms. The fraction of sp³-hybridized carbons (Fsp3) is 0.550. The van der Waals surface area contributed by atoms with E-state index in [2.05, 4.69) is 9.89 Å². The van der Waals surface area contributed by atoms with Crippen LogP contribution in [0.15, 0.2) is 28.5 Å². The third kappa shape index (κ3) is 3.02. The van der Waals surface area contributed by atoms with Crippen LogP contribution in [0.2, 0.25) is 0 Å². The maximum absolute atomic E-state index is 14.4. The zero-order chi connectivity index (χ0) is 20.3. The van der Waals surface area contributed by atoms with Gasteiger partial charge in [-0.25, -0.2) is 4.39 Å². The molecule has 4 aliphatic rings. The average Bonchev–Trinajstić information content (AvgIpc) is 3.38. The molecule has 5 rings (SSSR count). The average molecular weight is 411 g/mol. The van der Waals surface area contributed by atoms with Crippen LogP contribution in [0.3, 0.4) is 0 Å². The van der Waals surface area contributed by atoms with Crippen LogP contribution < -0.4 is 9.64 Å². The smallest absolute Gasteiger partial charge is 0.435 e. The molecule has 4 aliphatic heterocycles. The van der Waals surface area contributed by atoms with Crippen molar-refractivity contribution >= 4 is 11.9 Å². The zero-order valence-corrected chi connectivity index (χ0v) is 15.9. The van der Waals surface area contributed by atoms with Crippen molar-refractivity contribution in [1.82, 2.24) is 4.90 Å². The van der Waals surface area contributed by atoms with Crippen molar-refractivity contribution < 1.29 is 27.0 Å². The van der Waals surface area contributed by atoms with E-state index < -0.39 is 23.6 Å². The zero-order valence-electron chi connectivity index (χ0n) is 15.9. The molecule has 5 nitrogen and oxygen atoms in total. The summed E-state index contributed by atoms with van der Waals surface area (Å²) in [5.41, 5.74) is 0.340. The number of anilines is 1. The number of ether oxygens (including phenoxy) is 2. The van der Waals surface area contributed by atoms with Crippen molar-refractivity contribution in [2.45, 2.75) is 37.1 Å². The molecule has 3 atom stereocenters. The summed E-state index contributed by atoms with van der Waals surface area (Å²) in [6.07, 6.45) is -1.79. The first-order valence-corrected chi connectivity index (χ1v) is 9.71. The van der Waals surface area contributed by atoms with Crippen molar-refractivity contribution in [3.8, 4) is 5.75 Å². The molecule has 2 fully saturated rings. The standard InChI is InChI=1S/C20H21F4N3O2/c1-28-17-8-16-14(7-15(17)21)13-2-3-25-19(20(22,23)24)18(13)27(16)5-4-26-9-12-6-11(26)10-29-12/h3,7-8,11-13H,2,4-6,9-10H2,1H3. The highest BCUT2D eigenvalue weighted by molar-refractivity contribution is 5.77. The molecular weight excluding hydrogens is 390 g/mol. The molecule has 9 heteroatoms. The number of nitrogens with zero attached hydrogens (tertiary/aromatic N) is 3. The van der Waals surface area contributed by atoms with Gasteiger partial charge in [-0.05, 0) is 24.5 Å². The van der Waals surface area contributed by atoms with Gasteiger partial charge in [0.25, 0.3) is 0 Å². The molecule has 29 heavy (non-hydrogen) atoms. The van der Waals surface area contributed by atoms with Crippen LogP contribution in [0.5, 0.6) is 5.75 Å². The number of morpholine rings is 1. The summed E-state index contributed by atoms with van der Waals surface area (Å²) in [5, 5.41) is 0. The Morgan fingerprint density at radius 3 is 2.76 bits per heavy atom. The second-order valence-electron chi connectivity index (χ2n) is 7.87. The summed E-state index contributed by atoms with van der Waals surface area (Å²) < 4.78 is 66.3. The van der Waals surface area contributed by atoms with E-state index in [4.69, 9.17) is 9.47 Å². The Balaban J connectivity index is 1.54. The Labute approximate surface area is 165 Å². The van der Waals surface area contributed by atoms with E-state index in [9.17, 15) is 17.6 Å². The van der Waals surface area contributed by atoms with Crippen molar-refractivity contribution in [2.24, 2.45) is 4.99 Å². The molecule has 2 bridgehead atoms. The van der Waals surface area contributed by atoms with E-state index in [1.165, 1.54) is 25.5 Å². The molecule has 0 aliphatic carbocycles. The minimum Gasteiger partial charge on any atom is -0.494 e. The third-order valence-corrected chi connectivity index (χ3v) is 6.29. The second-order valence-corrected chi connectivity index (χ2v) is 7.87. The SMILES string of the molecule is COc1cc2c(cc1F)C1CC=NC(C(F)(F)F)=C1N2CCN1CC2CC1CO2. The molecular formula is C20H21F4N3O2. The number of halogens is 4. The highest BCUT2D eigenvalue weighted by Crippen LogP contribution is 2.51. The minimum atomic E-state index is -4.58. The molecule has 1 aromatic carbocycles. The van der Waals surface area contributed by atoms with Crippen molar-refractivity contribution in [3.05, 3.63) is 34.9 Å². The van der Waals surface area contributed by atoms with E-state index in [0.717, 1.165) is 13.0 Å². The normalized spacial score (nSPS) is 28.3. The molecule has 156 valence electrons. The predicted octanol–water partition coefficient (Wildman–Crippen LogP) is 3.46. The van der Waals surface area contributed by atoms with Gasteiger partial charge in [0, 0.05) is 49.6 Å². The molecule has 0 aromatic heterocycles. The van der Waals surface area contributed by atoms with E-state index in [-0.39, 0.29) is 17.6 Å². The van der Waals surface area contributed by atoms with Gasteiger partial charge >= 0.3 is 6.18 Å². The molecule has 0 amide bonds. The summed E-state index contributed by atoms with van der Waals surface area (Å²) in [7, 11) is 1.35. The fourth-order valence-corrected chi connectivity index (χ4v) is 4.98. The Bertz CT molecular complexity index is 898. The first kappa shape index (κ1) is 18.9. The molecule has 0 N–H and O–H groups in total. The number of benzene rings is 1. The van der Waals surface area contributed by atoms with Gasteiger partial charge in [0.2, 0.25) is 0 Å². The molecule has 4 heterocycles. The highest BCUT2D eigenvalue weighted by atomic mass is 19.4. The quantitative estimate of drug-likeness (QED) is 0.712. The molecule has 0 saturated carbocycles. The summed E-state index contributed by atoms with van der Waals surface area (Å²) >= 11 is 0. The van der Waals surface area contributed by atoms with Gasteiger partial charge in [0.15, 0.2) is 17.3 Å². The van der Waals surface area contributed by atoms with Crippen LogP contribution in [-0.4, -0.2) is 62.8 Å². The van der Waals surface area contributed by atoms with Gasteiger partial charge in [-0.1, -0.05) is 0 Å². The summed E-state index contributed by atoms with van der Waals surface area (Å²) in [4.78, 5) is 7.62. The molecule has 3 unspecified atom stereocenters. The number of alkyl halides is 3. The topological polar surface area (TPSA) is 37.3 Å². The van der Waals surface area contributed by atoms with Crippen LogP contribution in [0.4, 0.5) is 23.2 Å². The fourth-order valence-electron chi connectivity index (χ4n) is 4.98. The lowest BCUT2D eigenvalue weighted by Gasteiger charge is -2.32. The maximum atomic E-state index is 14.4. The predicted molar refractivity (Wildman–Crippen MR) is 98.9 cm³/mol. The Kier molecular flexibility index (Phi) is 4.36. The van der Waals surface area contributed by atoms with Gasteiger partial charge in [-0.15, -0.1) is 0 Å². The monoisotopic (exact) mass is 411 g/mol. The number of likely N-dealkylation sites (tertiary alicyclic amines) is 1. The second kappa shape index (κ2) is 6.70. The molecule has 1 aromatic rings. The summed E-state index contributed by atoms with van der Waals surface area (Å²) in [5.74, 6) is -1.11. The van der Waals surface area contributed by atoms with E-state index in [1.54, 1.807) is 4.90 Å². The summed E-state index contributed by atoms with van der Waals surface area (Å²) in [6.45, 7) is 2.44. The lowest BCUT2D eigenvalue weighted by Crippen LogP contribution is -2.42. The van der Waals surface area contributed by atoms with E-state index >= 15 is 0 Å². The Morgan fingerprint density at radius 1 is 1.28 bits per heavy atom. The van der Waals surface area contributed by atoms with Gasteiger partial charge in [-0.3, -0.25) is 9.89 Å². The number of hydrogen-bond acceptors (Lipinski definition) is 5. The summed E-state index contributed by atoms with van der Waals surface area (Å²) in [6, 6.07) is 3.13. The van der Waals surface area contributed by atoms with Gasteiger partial charge in [0.05, 0.1) is 25.5 Å². The van der Waals surface area contributed by atoms with Gasteiger partial charge in [-0.2, -0.15) is 13.2 Å². The lowest BCUT2D eigenvalue weighted by atomic mass is 9.92. The first-order chi connectivity index (χ1) is 13.9. The van der Waals surface area contributed by atoms with Crippen molar-refractivity contribution in [2.75, 3.05) is 38.3 Å². The maximum Gasteiger partial charge on any atom is 0.435 e. The van der Waals surface area contributed by atoms with E-state index in [1.807, 2.05) is 0 Å². The minimum absolute atomic E-state index is 0.0242. The van der Waals surface area contributed by atoms with Gasteiger partial charge in [0.1, 0.15) is 0 Å². The van der Waals surface area contributed by atoms with Crippen LogP contribution in [0.1, 0.15) is 24.3 Å². The van der Waals surface area contributed by atoms with Crippen LogP contribution in [-0.2, 0) is 4.74 Å². The highest BCUT2D eigenvalue weighted by Gasteiger charge is 2.47. The van der Waals surface area contributed by atoms with Crippen LogP contribution in [0.25, 0.3) is 0 Å². The van der Waals surface area contributed by atoms with Crippen molar-refractivity contribution in [1.29, 1.82) is 0 Å². The molecule has 0 radical (unpaired) electrons.